The molecule has 1 aliphatic heterocycles. The third kappa shape index (κ3) is 3.68. The first kappa shape index (κ1) is 15.7. The van der Waals surface area contributed by atoms with Crippen LogP contribution in [0.4, 0.5) is 0 Å². The molecule has 2 aliphatic rings. The summed E-state index contributed by atoms with van der Waals surface area (Å²) in [5.41, 5.74) is 0. The monoisotopic (exact) mass is 284 g/mol. The third-order valence-corrected chi connectivity index (χ3v) is 7.01. The molecule has 2 nitrogen and oxygen atoms in total. The maximum absolute atomic E-state index is 3.80. The standard InChI is InChI=1S/C16H32N2S/c1-5-14-10-17-15(13-8-9-13)11-18(14)12-16(6-2,7-3)19-4/h13-15,17H,5-12H2,1-4H3. The normalized spacial score (nSPS) is 29.7. The zero-order valence-corrected chi connectivity index (χ0v) is 14.1. The second kappa shape index (κ2) is 6.82. The van der Waals surface area contributed by atoms with Crippen LogP contribution in [0.15, 0.2) is 0 Å². The van der Waals surface area contributed by atoms with Crippen molar-refractivity contribution in [3.63, 3.8) is 0 Å². The van der Waals surface area contributed by atoms with Gasteiger partial charge in [0, 0.05) is 36.5 Å². The second-order valence-corrected chi connectivity index (χ2v) is 7.71. The van der Waals surface area contributed by atoms with Crippen LogP contribution in [0.25, 0.3) is 0 Å². The van der Waals surface area contributed by atoms with Crippen LogP contribution in [-0.4, -0.2) is 47.6 Å². The van der Waals surface area contributed by atoms with E-state index in [0.29, 0.717) is 4.75 Å². The Morgan fingerprint density at radius 2 is 1.89 bits per heavy atom. The predicted octanol–water partition coefficient (Wildman–Crippen LogP) is 3.37. The summed E-state index contributed by atoms with van der Waals surface area (Å²) in [6.45, 7) is 10.8. The Kier molecular flexibility index (Phi) is 5.62. The first-order valence-corrected chi connectivity index (χ1v) is 9.43. The minimum Gasteiger partial charge on any atom is -0.311 e. The van der Waals surface area contributed by atoms with E-state index in [1.165, 1.54) is 51.7 Å². The number of rotatable bonds is 7. The Bertz CT molecular complexity index is 266. The van der Waals surface area contributed by atoms with Gasteiger partial charge in [-0.1, -0.05) is 20.8 Å². The highest BCUT2D eigenvalue weighted by atomic mass is 32.2. The number of hydrogen-bond donors (Lipinski definition) is 1. The summed E-state index contributed by atoms with van der Waals surface area (Å²) in [6, 6.07) is 1.52. The van der Waals surface area contributed by atoms with Crippen molar-refractivity contribution < 1.29 is 0 Å². The van der Waals surface area contributed by atoms with Gasteiger partial charge in [0.25, 0.3) is 0 Å². The molecule has 1 aliphatic carbocycles. The van der Waals surface area contributed by atoms with Gasteiger partial charge in [-0.25, -0.2) is 0 Å². The van der Waals surface area contributed by atoms with Crippen molar-refractivity contribution >= 4 is 11.8 Å². The first-order valence-electron chi connectivity index (χ1n) is 8.20. The van der Waals surface area contributed by atoms with Gasteiger partial charge in [0.15, 0.2) is 0 Å². The van der Waals surface area contributed by atoms with E-state index in [9.17, 15) is 0 Å². The van der Waals surface area contributed by atoms with E-state index < -0.39 is 0 Å². The Hall–Kier alpha value is 0.270. The van der Waals surface area contributed by atoms with Gasteiger partial charge in [0.1, 0.15) is 0 Å². The molecular weight excluding hydrogens is 252 g/mol. The molecule has 112 valence electrons. The number of nitrogens with one attached hydrogen (secondary N) is 1. The maximum atomic E-state index is 3.80. The Labute approximate surface area is 124 Å². The van der Waals surface area contributed by atoms with Crippen LogP contribution >= 0.6 is 11.8 Å². The molecule has 2 rings (SSSR count). The van der Waals surface area contributed by atoms with Gasteiger partial charge in [0.05, 0.1) is 0 Å². The van der Waals surface area contributed by atoms with Gasteiger partial charge >= 0.3 is 0 Å². The molecule has 1 saturated heterocycles. The van der Waals surface area contributed by atoms with E-state index in [1.807, 2.05) is 0 Å². The molecule has 0 bridgehead atoms. The molecule has 0 aromatic carbocycles. The van der Waals surface area contributed by atoms with Gasteiger partial charge < -0.3 is 5.32 Å². The molecule has 0 amide bonds. The van der Waals surface area contributed by atoms with Gasteiger partial charge in [-0.05, 0) is 44.3 Å². The minimum atomic E-state index is 0.471. The van der Waals surface area contributed by atoms with Gasteiger partial charge in [-0.3, -0.25) is 4.90 Å². The van der Waals surface area contributed by atoms with Gasteiger partial charge in [-0.15, -0.1) is 0 Å². The zero-order valence-electron chi connectivity index (χ0n) is 13.2. The molecule has 1 heterocycles. The highest BCUT2D eigenvalue weighted by Gasteiger charge is 2.39. The first-order chi connectivity index (χ1) is 9.18. The van der Waals surface area contributed by atoms with Gasteiger partial charge in [0.2, 0.25) is 0 Å². The van der Waals surface area contributed by atoms with E-state index >= 15 is 0 Å². The van der Waals surface area contributed by atoms with Crippen molar-refractivity contribution in [2.75, 3.05) is 25.9 Å². The smallest absolute Gasteiger partial charge is 0.0279 e. The molecule has 0 aromatic heterocycles. The zero-order chi connectivity index (χ0) is 13.9. The van der Waals surface area contributed by atoms with Gasteiger partial charge in [-0.2, -0.15) is 11.8 Å². The summed E-state index contributed by atoms with van der Waals surface area (Å²) < 4.78 is 0.471. The van der Waals surface area contributed by atoms with Crippen molar-refractivity contribution in [3.8, 4) is 0 Å². The van der Waals surface area contributed by atoms with Crippen molar-refractivity contribution in [2.24, 2.45) is 5.92 Å². The lowest BCUT2D eigenvalue weighted by Crippen LogP contribution is -2.59. The van der Waals surface area contributed by atoms with Crippen LogP contribution in [0, 0.1) is 5.92 Å². The number of thioether (sulfide) groups is 1. The molecule has 3 heteroatoms. The lowest BCUT2D eigenvalue weighted by Gasteiger charge is -2.45. The molecule has 1 N–H and O–H groups in total. The highest BCUT2D eigenvalue weighted by Crippen LogP contribution is 2.37. The van der Waals surface area contributed by atoms with Crippen LogP contribution in [0.5, 0.6) is 0 Å². The van der Waals surface area contributed by atoms with Crippen LogP contribution in [0.1, 0.15) is 52.9 Å². The summed E-state index contributed by atoms with van der Waals surface area (Å²) in [6.07, 6.45) is 9.07. The minimum absolute atomic E-state index is 0.471. The van der Waals surface area contributed by atoms with Crippen molar-refractivity contribution in [3.05, 3.63) is 0 Å². The number of piperazine rings is 1. The fraction of sp³-hybridized carbons (Fsp3) is 1.00. The van der Waals surface area contributed by atoms with Crippen molar-refractivity contribution in [1.82, 2.24) is 10.2 Å². The number of nitrogens with zero attached hydrogens (tertiary/aromatic N) is 1. The summed E-state index contributed by atoms with van der Waals surface area (Å²) in [5.74, 6) is 0.979. The average molecular weight is 285 g/mol. The molecule has 2 fully saturated rings. The van der Waals surface area contributed by atoms with E-state index in [1.54, 1.807) is 0 Å². The van der Waals surface area contributed by atoms with Crippen molar-refractivity contribution in [1.29, 1.82) is 0 Å². The predicted molar refractivity (Wildman–Crippen MR) is 87.0 cm³/mol. The topological polar surface area (TPSA) is 15.3 Å². The molecule has 2 atom stereocenters. The maximum Gasteiger partial charge on any atom is 0.0279 e. The number of hydrogen-bond acceptors (Lipinski definition) is 3. The largest absolute Gasteiger partial charge is 0.311 e. The molecule has 0 radical (unpaired) electrons. The SMILES string of the molecule is CCC1CNC(C2CC2)CN1CC(CC)(CC)SC. The van der Waals surface area contributed by atoms with E-state index in [4.69, 9.17) is 0 Å². The molecule has 2 unspecified atom stereocenters. The lowest BCUT2D eigenvalue weighted by atomic mass is 9.97. The highest BCUT2D eigenvalue weighted by molar-refractivity contribution is 8.00. The van der Waals surface area contributed by atoms with Crippen molar-refractivity contribution in [2.45, 2.75) is 69.7 Å². The molecule has 19 heavy (non-hydrogen) atoms. The molecule has 0 spiro atoms. The molecule has 0 aromatic rings. The Morgan fingerprint density at radius 3 is 2.37 bits per heavy atom. The Morgan fingerprint density at radius 1 is 1.21 bits per heavy atom. The summed E-state index contributed by atoms with van der Waals surface area (Å²) in [4.78, 5) is 2.81. The quantitative estimate of drug-likeness (QED) is 0.771. The Balaban J connectivity index is 2.00. The lowest BCUT2D eigenvalue weighted by molar-refractivity contribution is 0.105. The van der Waals surface area contributed by atoms with E-state index in [2.05, 4.69) is 49.0 Å². The second-order valence-electron chi connectivity index (χ2n) is 6.44. The van der Waals surface area contributed by atoms with Crippen LogP contribution in [-0.2, 0) is 0 Å². The van der Waals surface area contributed by atoms with E-state index in [-0.39, 0.29) is 0 Å². The van der Waals surface area contributed by atoms with Crippen LogP contribution < -0.4 is 5.32 Å². The summed E-state index contributed by atoms with van der Waals surface area (Å²) >= 11 is 2.09. The average Bonchev–Trinajstić information content (AvgIpc) is 3.29. The van der Waals surface area contributed by atoms with Crippen LogP contribution in [0.2, 0.25) is 0 Å². The van der Waals surface area contributed by atoms with E-state index in [0.717, 1.165) is 18.0 Å². The summed E-state index contributed by atoms with van der Waals surface area (Å²) in [5, 5.41) is 3.80. The molecular formula is C16H32N2S. The third-order valence-electron chi connectivity index (χ3n) is 5.44. The molecule has 1 saturated carbocycles. The fourth-order valence-corrected chi connectivity index (χ4v) is 4.36. The fourth-order valence-electron chi connectivity index (χ4n) is 3.49. The summed E-state index contributed by atoms with van der Waals surface area (Å²) in [7, 11) is 0. The van der Waals surface area contributed by atoms with Crippen LogP contribution in [0.3, 0.4) is 0 Å².